The predicted octanol–water partition coefficient (Wildman–Crippen LogP) is 3.44. The zero-order valence-electron chi connectivity index (χ0n) is 9.52. The summed E-state index contributed by atoms with van der Waals surface area (Å²) in [6.45, 7) is 6.59. The second-order valence-corrected chi connectivity index (χ2v) is 7.29. The van der Waals surface area contributed by atoms with Crippen LogP contribution in [0.4, 0.5) is 0 Å². The van der Waals surface area contributed by atoms with Crippen LogP contribution in [0.3, 0.4) is 0 Å². The molecule has 0 fully saturated rings. The summed E-state index contributed by atoms with van der Waals surface area (Å²) in [4.78, 5) is 4.74. The van der Waals surface area contributed by atoms with Crippen LogP contribution in [0, 0.1) is 0 Å². The standard InChI is InChI=1S/C7H9.C6H8N.Ru/c1-2-7-5-3-4-6-7;1-5-3-4-6(2)7-5;/h3,5H,2,4H2,1H3;3-4H,1-2H3;. The molecule has 1 atom stereocenters. The predicted molar refractivity (Wildman–Crippen MR) is 61.7 cm³/mol. The molecule has 1 unspecified atom stereocenters. The van der Waals surface area contributed by atoms with Crippen LogP contribution < -0.4 is 0 Å². The van der Waals surface area contributed by atoms with Gasteiger partial charge in [0.25, 0.3) is 0 Å². The van der Waals surface area contributed by atoms with Gasteiger partial charge in [-0.15, -0.1) is 0 Å². The van der Waals surface area contributed by atoms with Gasteiger partial charge in [0.2, 0.25) is 0 Å². The van der Waals surface area contributed by atoms with Gasteiger partial charge in [0.15, 0.2) is 0 Å². The molecule has 2 aliphatic rings. The maximum atomic E-state index is 4.74. The molecule has 2 rings (SSSR count). The number of hydrogen-bond donors (Lipinski definition) is 0. The number of hydrogen-bond acceptors (Lipinski definition) is 1. The van der Waals surface area contributed by atoms with Crippen LogP contribution in [0.5, 0.6) is 0 Å². The van der Waals surface area contributed by atoms with Gasteiger partial charge in [0, 0.05) is 0 Å². The monoisotopic (exact) mass is 289 g/mol. The fourth-order valence-corrected chi connectivity index (χ4v) is 4.74. The van der Waals surface area contributed by atoms with E-state index >= 15 is 0 Å². The fraction of sp³-hybridized carbons (Fsp3) is 0.462. The Morgan fingerprint density at radius 3 is 2.87 bits per heavy atom. The van der Waals surface area contributed by atoms with Crippen molar-refractivity contribution < 1.29 is 17.1 Å². The maximum absolute atomic E-state index is 4.74. The zero-order chi connectivity index (χ0) is 10.9. The molecule has 1 nitrogen and oxygen atoms in total. The van der Waals surface area contributed by atoms with E-state index < -0.39 is 0 Å². The average Bonchev–Trinajstić information content (AvgIpc) is 2.74. The minimum absolute atomic E-state index is 0.110. The molecule has 0 aromatic rings. The Morgan fingerprint density at radius 2 is 2.27 bits per heavy atom. The first-order valence-corrected chi connectivity index (χ1v) is 7.14. The number of allylic oxidation sites excluding steroid dienone is 5. The van der Waals surface area contributed by atoms with E-state index in [1.54, 1.807) is 9.74 Å². The first kappa shape index (κ1) is 11.0. The van der Waals surface area contributed by atoms with Gasteiger partial charge in [0.05, 0.1) is 0 Å². The number of rotatable bonds is 3. The van der Waals surface area contributed by atoms with E-state index in [1.807, 2.05) is 0 Å². The van der Waals surface area contributed by atoms with Crippen LogP contribution in [0.15, 0.2) is 39.0 Å². The normalized spacial score (nSPS) is 29.4. The summed E-state index contributed by atoms with van der Waals surface area (Å²) in [5.41, 5.74) is 2.74. The molecular weight excluding hydrogens is 271 g/mol. The van der Waals surface area contributed by atoms with Crippen LogP contribution in [0.1, 0.15) is 33.6 Å². The molecule has 0 spiro atoms. The van der Waals surface area contributed by atoms with Crippen molar-refractivity contribution in [2.24, 2.45) is 4.99 Å². The summed E-state index contributed by atoms with van der Waals surface area (Å²) < 4.78 is 1.77. The first-order chi connectivity index (χ1) is 7.13. The Labute approximate surface area is 99.7 Å². The van der Waals surface area contributed by atoms with E-state index in [0.29, 0.717) is 0 Å². The van der Waals surface area contributed by atoms with Crippen molar-refractivity contribution >= 4 is 5.71 Å². The third kappa shape index (κ3) is 2.37. The van der Waals surface area contributed by atoms with Gasteiger partial charge in [-0.3, -0.25) is 0 Å². The molecule has 15 heavy (non-hydrogen) atoms. The molecule has 0 radical (unpaired) electrons. The van der Waals surface area contributed by atoms with Crippen molar-refractivity contribution in [2.45, 2.75) is 37.7 Å². The summed E-state index contributed by atoms with van der Waals surface area (Å²) in [5.74, 6) is 0. The van der Waals surface area contributed by atoms with E-state index in [1.165, 1.54) is 18.6 Å². The molecule has 82 valence electrons. The van der Waals surface area contributed by atoms with Gasteiger partial charge in [-0.05, 0) is 0 Å². The average molecular weight is 288 g/mol. The Balaban J connectivity index is 2.14. The van der Waals surface area contributed by atoms with Gasteiger partial charge in [0.1, 0.15) is 0 Å². The fourth-order valence-electron chi connectivity index (χ4n) is 1.87. The second-order valence-electron chi connectivity index (χ2n) is 4.05. The van der Waals surface area contributed by atoms with E-state index in [4.69, 9.17) is 4.99 Å². The Morgan fingerprint density at radius 1 is 1.47 bits per heavy atom. The van der Waals surface area contributed by atoms with Crippen molar-refractivity contribution in [3.63, 3.8) is 0 Å². The van der Waals surface area contributed by atoms with Crippen LogP contribution >= 0.6 is 0 Å². The van der Waals surface area contributed by atoms with Crippen molar-refractivity contribution in [1.29, 1.82) is 0 Å². The summed E-state index contributed by atoms with van der Waals surface area (Å²) >= 11 is 0.199. The van der Waals surface area contributed by atoms with Crippen LogP contribution in [-0.2, 0) is 17.1 Å². The molecular formula is C13H17NRu. The second kappa shape index (κ2) is 4.17. The molecule has 0 aromatic heterocycles. The van der Waals surface area contributed by atoms with Gasteiger partial charge in [-0.25, -0.2) is 0 Å². The van der Waals surface area contributed by atoms with Crippen molar-refractivity contribution in [1.82, 2.24) is 0 Å². The van der Waals surface area contributed by atoms with Crippen LogP contribution in [-0.4, -0.2) is 9.84 Å². The molecule has 1 aliphatic heterocycles. The third-order valence-corrected chi connectivity index (χ3v) is 5.44. The Kier molecular flexibility index (Phi) is 3.06. The van der Waals surface area contributed by atoms with Crippen LogP contribution in [0.2, 0.25) is 0 Å². The third-order valence-electron chi connectivity index (χ3n) is 2.64. The molecule has 2 heteroatoms. The van der Waals surface area contributed by atoms with Gasteiger partial charge >= 0.3 is 99.6 Å². The molecule has 0 N–H and O–H groups in total. The molecule has 0 saturated heterocycles. The number of nitrogens with zero attached hydrogens (tertiary/aromatic N) is 1. The van der Waals surface area contributed by atoms with Crippen LogP contribution in [0.25, 0.3) is 0 Å². The quantitative estimate of drug-likeness (QED) is 0.705. The van der Waals surface area contributed by atoms with Gasteiger partial charge in [-0.1, -0.05) is 0 Å². The molecule has 1 heterocycles. The Bertz CT molecular complexity index is 387. The molecule has 0 saturated carbocycles. The van der Waals surface area contributed by atoms with Gasteiger partial charge < -0.3 is 0 Å². The summed E-state index contributed by atoms with van der Waals surface area (Å²) in [6.07, 6.45) is 11.4. The molecule has 0 aromatic carbocycles. The number of aliphatic imine (C=N–C) groups is 1. The minimum atomic E-state index is 0.110. The van der Waals surface area contributed by atoms with E-state index in [9.17, 15) is 0 Å². The summed E-state index contributed by atoms with van der Waals surface area (Å²) in [7, 11) is 0. The molecule has 0 amide bonds. The summed E-state index contributed by atoms with van der Waals surface area (Å²) in [6, 6.07) is 0. The van der Waals surface area contributed by atoms with Gasteiger partial charge in [-0.2, -0.15) is 0 Å². The van der Waals surface area contributed by atoms with Crippen molar-refractivity contribution in [3.8, 4) is 0 Å². The van der Waals surface area contributed by atoms with E-state index in [-0.39, 0.29) is 21.3 Å². The van der Waals surface area contributed by atoms with Crippen molar-refractivity contribution in [2.75, 3.05) is 0 Å². The first-order valence-electron chi connectivity index (χ1n) is 5.41. The topological polar surface area (TPSA) is 12.4 Å². The SMILES string of the molecule is CCC1=[C]([Ru][C]2(C)C=CC(C)=N2)CC=C1. The zero-order valence-corrected chi connectivity index (χ0v) is 11.3. The van der Waals surface area contributed by atoms with E-state index in [0.717, 1.165) is 0 Å². The Hall–Kier alpha value is -0.487. The van der Waals surface area contributed by atoms with E-state index in [2.05, 4.69) is 45.1 Å². The van der Waals surface area contributed by atoms with Crippen molar-refractivity contribution in [3.05, 3.63) is 34.0 Å². The molecule has 0 bridgehead atoms. The molecule has 1 aliphatic carbocycles. The summed E-state index contributed by atoms with van der Waals surface area (Å²) in [5, 5.41) is 0.